The van der Waals surface area contributed by atoms with Crippen molar-refractivity contribution >= 4 is 27.3 Å². The summed E-state index contributed by atoms with van der Waals surface area (Å²) in [6, 6.07) is 8.68. The van der Waals surface area contributed by atoms with E-state index in [0.717, 1.165) is 9.54 Å². The highest BCUT2D eigenvalue weighted by molar-refractivity contribution is 9.11. The Hall–Kier alpha value is -0.840. The Kier molecular flexibility index (Phi) is 4.66. The average molecular weight is 340 g/mol. The van der Waals surface area contributed by atoms with Crippen LogP contribution in [0.3, 0.4) is 0 Å². The molecule has 2 rings (SSSR count). The Bertz CT molecular complexity index is 580. The molecular formula is C15H18BrNOS. The van der Waals surface area contributed by atoms with Gasteiger partial charge in [-0.25, -0.2) is 0 Å². The lowest BCUT2D eigenvalue weighted by molar-refractivity contribution is 0.402. The Balaban J connectivity index is 2.52. The Labute approximate surface area is 126 Å². The van der Waals surface area contributed by atoms with Crippen LogP contribution in [0.5, 0.6) is 5.75 Å². The van der Waals surface area contributed by atoms with E-state index < -0.39 is 0 Å². The van der Waals surface area contributed by atoms with Crippen LogP contribution in [0.2, 0.25) is 0 Å². The van der Waals surface area contributed by atoms with Crippen LogP contribution in [0.4, 0.5) is 0 Å². The largest absolute Gasteiger partial charge is 0.496 e. The van der Waals surface area contributed by atoms with Gasteiger partial charge in [-0.3, -0.25) is 0 Å². The number of benzene rings is 1. The van der Waals surface area contributed by atoms with Crippen molar-refractivity contribution in [2.45, 2.75) is 19.9 Å². The first-order valence-corrected chi connectivity index (χ1v) is 7.76. The first-order chi connectivity index (χ1) is 9.08. The molecule has 4 heteroatoms. The van der Waals surface area contributed by atoms with Crippen LogP contribution in [-0.2, 0) is 0 Å². The maximum Gasteiger partial charge on any atom is 0.127 e. The number of ether oxygens (including phenoxy) is 1. The number of thiophene rings is 1. The summed E-state index contributed by atoms with van der Waals surface area (Å²) in [5, 5.41) is 3.38. The molecule has 1 atom stereocenters. The van der Waals surface area contributed by atoms with E-state index in [0.29, 0.717) is 0 Å². The fourth-order valence-corrected chi connectivity index (χ4v) is 3.80. The topological polar surface area (TPSA) is 21.3 Å². The van der Waals surface area contributed by atoms with Gasteiger partial charge >= 0.3 is 0 Å². The molecule has 0 aliphatic heterocycles. The standard InChI is InChI=1S/C15H18BrNOS/c1-9-5-6-11(15(18-4)10(9)2)14(17-3)12-7-8-13(16)19-12/h5-8,14,17H,1-4H3. The third-order valence-corrected chi connectivity index (χ3v) is 5.08. The van der Waals surface area contributed by atoms with Crippen molar-refractivity contribution in [3.63, 3.8) is 0 Å². The van der Waals surface area contributed by atoms with Gasteiger partial charge in [0.1, 0.15) is 5.75 Å². The fourth-order valence-electron chi connectivity index (χ4n) is 2.24. The number of rotatable bonds is 4. The molecule has 2 aromatic rings. The zero-order valence-electron chi connectivity index (χ0n) is 11.6. The molecule has 0 saturated heterocycles. The molecule has 0 fully saturated rings. The summed E-state index contributed by atoms with van der Waals surface area (Å²) in [6.45, 7) is 4.21. The Morgan fingerprint density at radius 2 is 1.95 bits per heavy atom. The molecule has 0 radical (unpaired) electrons. The van der Waals surface area contributed by atoms with Crippen molar-refractivity contribution in [1.82, 2.24) is 5.32 Å². The minimum atomic E-state index is 0.158. The maximum atomic E-state index is 5.62. The van der Waals surface area contributed by atoms with Gasteiger partial charge in [0.05, 0.1) is 16.9 Å². The fraction of sp³-hybridized carbons (Fsp3) is 0.333. The van der Waals surface area contributed by atoms with Crippen LogP contribution in [0.25, 0.3) is 0 Å². The van der Waals surface area contributed by atoms with Crippen LogP contribution in [-0.4, -0.2) is 14.2 Å². The SMILES string of the molecule is CNC(c1ccc(Br)s1)c1ccc(C)c(C)c1OC. The minimum absolute atomic E-state index is 0.158. The summed E-state index contributed by atoms with van der Waals surface area (Å²) in [5.74, 6) is 0.976. The molecule has 1 aromatic heterocycles. The van der Waals surface area contributed by atoms with Gasteiger partial charge in [-0.1, -0.05) is 12.1 Å². The molecule has 1 heterocycles. The molecule has 0 bridgehead atoms. The summed E-state index contributed by atoms with van der Waals surface area (Å²) in [7, 11) is 3.72. The highest BCUT2D eigenvalue weighted by atomic mass is 79.9. The number of methoxy groups -OCH3 is 1. The van der Waals surface area contributed by atoms with Gasteiger partial charge < -0.3 is 10.1 Å². The lowest BCUT2D eigenvalue weighted by atomic mass is 9.98. The molecular weight excluding hydrogens is 322 g/mol. The van der Waals surface area contributed by atoms with Gasteiger partial charge in [0.2, 0.25) is 0 Å². The molecule has 2 nitrogen and oxygen atoms in total. The number of hydrogen-bond donors (Lipinski definition) is 1. The van der Waals surface area contributed by atoms with E-state index in [1.165, 1.54) is 21.6 Å². The summed E-state index contributed by atoms with van der Waals surface area (Å²) in [6.07, 6.45) is 0. The molecule has 0 aliphatic carbocycles. The second-order valence-electron chi connectivity index (χ2n) is 4.49. The Morgan fingerprint density at radius 3 is 2.47 bits per heavy atom. The minimum Gasteiger partial charge on any atom is -0.496 e. The van der Waals surface area contributed by atoms with Gasteiger partial charge in [-0.05, 0) is 60.1 Å². The van der Waals surface area contributed by atoms with E-state index in [4.69, 9.17) is 4.74 Å². The van der Waals surface area contributed by atoms with Crippen LogP contribution in [0.15, 0.2) is 28.1 Å². The van der Waals surface area contributed by atoms with Crippen molar-refractivity contribution < 1.29 is 4.74 Å². The summed E-state index contributed by atoms with van der Waals surface area (Å²) < 4.78 is 6.76. The van der Waals surface area contributed by atoms with Crippen molar-refractivity contribution in [3.05, 3.63) is 49.6 Å². The lowest BCUT2D eigenvalue weighted by Gasteiger charge is -2.20. The van der Waals surface area contributed by atoms with Crippen molar-refractivity contribution in [2.75, 3.05) is 14.2 Å². The smallest absolute Gasteiger partial charge is 0.127 e. The molecule has 1 N–H and O–H groups in total. The van der Waals surface area contributed by atoms with E-state index in [2.05, 4.69) is 59.4 Å². The van der Waals surface area contributed by atoms with Crippen LogP contribution >= 0.6 is 27.3 Å². The maximum absolute atomic E-state index is 5.62. The number of nitrogens with one attached hydrogen (secondary N) is 1. The second-order valence-corrected chi connectivity index (χ2v) is 6.99. The normalized spacial score (nSPS) is 12.5. The third-order valence-electron chi connectivity index (χ3n) is 3.39. The predicted octanol–water partition coefficient (Wildman–Crippen LogP) is 4.44. The third kappa shape index (κ3) is 2.86. The number of hydrogen-bond acceptors (Lipinski definition) is 3. The second kappa shape index (κ2) is 6.07. The van der Waals surface area contributed by atoms with Gasteiger partial charge in [0, 0.05) is 10.4 Å². The lowest BCUT2D eigenvalue weighted by Crippen LogP contribution is -2.17. The molecule has 1 aromatic carbocycles. The zero-order chi connectivity index (χ0) is 14.0. The van der Waals surface area contributed by atoms with Crippen molar-refractivity contribution in [3.8, 4) is 5.75 Å². The molecule has 19 heavy (non-hydrogen) atoms. The molecule has 0 aliphatic rings. The quantitative estimate of drug-likeness (QED) is 0.888. The highest BCUT2D eigenvalue weighted by Gasteiger charge is 2.20. The van der Waals surface area contributed by atoms with E-state index in [1.54, 1.807) is 18.4 Å². The number of halogens is 1. The van der Waals surface area contributed by atoms with E-state index in [-0.39, 0.29) is 6.04 Å². The zero-order valence-corrected chi connectivity index (χ0v) is 14.0. The molecule has 0 spiro atoms. The summed E-state index contributed by atoms with van der Waals surface area (Å²) in [4.78, 5) is 1.27. The molecule has 0 amide bonds. The van der Waals surface area contributed by atoms with Crippen molar-refractivity contribution in [1.29, 1.82) is 0 Å². The number of aryl methyl sites for hydroxylation is 1. The average Bonchev–Trinajstić information content (AvgIpc) is 2.81. The van der Waals surface area contributed by atoms with Crippen LogP contribution < -0.4 is 10.1 Å². The Morgan fingerprint density at radius 1 is 1.21 bits per heavy atom. The van der Waals surface area contributed by atoms with Crippen LogP contribution in [0.1, 0.15) is 27.6 Å². The predicted molar refractivity (Wildman–Crippen MR) is 85.4 cm³/mol. The molecule has 1 unspecified atom stereocenters. The van der Waals surface area contributed by atoms with E-state index in [9.17, 15) is 0 Å². The van der Waals surface area contributed by atoms with Crippen LogP contribution in [0, 0.1) is 13.8 Å². The van der Waals surface area contributed by atoms with Gasteiger partial charge in [-0.15, -0.1) is 11.3 Å². The van der Waals surface area contributed by atoms with E-state index >= 15 is 0 Å². The first-order valence-electron chi connectivity index (χ1n) is 6.15. The molecule has 0 saturated carbocycles. The van der Waals surface area contributed by atoms with E-state index in [1.807, 2.05) is 7.05 Å². The van der Waals surface area contributed by atoms with Gasteiger partial charge in [0.25, 0.3) is 0 Å². The monoisotopic (exact) mass is 339 g/mol. The molecule has 102 valence electrons. The van der Waals surface area contributed by atoms with Gasteiger partial charge in [-0.2, -0.15) is 0 Å². The van der Waals surface area contributed by atoms with Crippen molar-refractivity contribution in [2.24, 2.45) is 0 Å². The first kappa shape index (κ1) is 14.6. The van der Waals surface area contributed by atoms with Gasteiger partial charge in [0.15, 0.2) is 0 Å². The summed E-state index contributed by atoms with van der Waals surface area (Å²) >= 11 is 5.27. The highest BCUT2D eigenvalue weighted by Crippen LogP contribution is 2.37. The summed E-state index contributed by atoms with van der Waals surface area (Å²) in [5.41, 5.74) is 3.64.